The second kappa shape index (κ2) is 59.7. The molecule has 96 heavy (non-hydrogen) atoms. The first kappa shape index (κ1) is 94.6. The molecule has 10 aromatic rings. The molecule has 8 aromatic carbocycles. The number of aromatic nitrogens is 2. The Morgan fingerprint density at radius 1 is 0.198 bits per heavy atom. The minimum Gasteiger partial charge on any atom is -0.309 e. The van der Waals surface area contributed by atoms with Crippen LogP contribution in [0.25, 0.3) is 21.7 Å². The van der Waals surface area contributed by atoms with Crippen LogP contribution in [-0.2, 0) is 38.5 Å². The minimum absolute atomic E-state index is 1.06. The van der Waals surface area contributed by atoms with Crippen molar-refractivity contribution in [2.45, 2.75) is 260 Å². The summed E-state index contributed by atoms with van der Waals surface area (Å²) >= 11 is 0. The molecule has 0 spiro atoms. The molecule has 2 aromatic heterocycles. The Morgan fingerprint density at radius 2 is 0.406 bits per heavy atom. The van der Waals surface area contributed by atoms with Gasteiger partial charge in [-0.2, -0.15) is 0 Å². The van der Waals surface area contributed by atoms with E-state index in [-0.39, 0.29) is 0 Å². The summed E-state index contributed by atoms with van der Waals surface area (Å²) in [5.74, 6) is 0. The van der Waals surface area contributed by atoms with E-state index in [1.54, 1.807) is 0 Å². The van der Waals surface area contributed by atoms with Crippen LogP contribution in [0.1, 0.15) is 288 Å². The zero-order valence-electron chi connectivity index (χ0n) is 67.5. The van der Waals surface area contributed by atoms with Crippen LogP contribution in [0.3, 0.4) is 0 Å². The first-order valence-corrected chi connectivity index (χ1v) is 38.6. The van der Waals surface area contributed by atoms with Crippen molar-refractivity contribution in [3.8, 4) is 0 Å². The van der Waals surface area contributed by atoms with Gasteiger partial charge in [-0.3, -0.25) is 9.97 Å². The molecule has 0 fully saturated rings. The Labute approximate surface area is 593 Å². The highest BCUT2D eigenvalue weighted by Crippen LogP contribution is 2.57. The highest BCUT2D eigenvalue weighted by Gasteiger charge is 2.38. The lowest BCUT2D eigenvalue weighted by molar-refractivity contribution is 0.956. The second-order valence-electron chi connectivity index (χ2n) is 17.7. The van der Waals surface area contributed by atoms with Crippen LogP contribution in [0.4, 0.5) is 34.1 Å². The van der Waals surface area contributed by atoms with Gasteiger partial charge in [-0.1, -0.05) is 379 Å². The molecule has 0 atom stereocenters. The Kier molecular flexibility index (Phi) is 58.8. The molecule has 16 rings (SSSR count). The van der Waals surface area contributed by atoms with Crippen molar-refractivity contribution in [2.75, 3.05) is 9.80 Å². The molecule has 0 bridgehead atoms. The quantitative estimate of drug-likeness (QED) is 0.151. The van der Waals surface area contributed by atoms with Crippen LogP contribution in [0.5, 0.6) is 0 Å². The van der Waals surface area contributed by atoms with E-state index in [1.807, 2.05) is 283 Å². The van der Waals surface area contributed by atoms with Gasteiger partial charge in [0.25, 0.3) is 0 Å². The molecule has 4 nitrogen and oxygen atoms in total. The molecule has 528 valence electrons. The zero-order valence-corrected chi connectivity index (χ0v) is 67.5. The van der Waals surface area contributed by atoms with Gasteiger partial charge in [-0.25, -0.2) is 0 Å². The molecule has 0 amide bonds. The van der Waals surface area contributed by atoms with Crippen LogP contribution >= 0.6 is 0 Å². The lowest BCUT2D eigenvalue weighted by Crippen LogP contribution is -2.29. The molecule has 6 aliphatic heterocycles. The summed E-state index contributed by atoms with van der Waals surface area (Å²) in [5.41, 5.74) is 27.5. The predicted molar refractivity (Wildman–Crippen MR) is 444 cm³/mol. The maximum absolute atomic E-state index is 4.18. The molecule has 8 heterocycles. The van der Waals surface area contributed by atoms with Crippen molar-refractivity contribution in [3.63, 3.8) is 0 Å². The molecule has 4 heteroatoms. The fraction of sp³-hybridized carbons (Fsp3) is 0.413. The summed E-state index contributed by atoms with van der Waals surface area (Å²) < 4.78 is 0. The summed E-state index contributed by atoms with van der Waals surface area (Å²) in [7, 11) is 0. The van der Waals surface area contributed by atoms with Crippen LogP contribution in [0.15, 0.2) is 195 Å². The van der Waals surface area contributed by atoms with E-state index < -0.39 is 0 Å². The van der Waals surface area contributed by atoms with Gasteiger partial charge in [0.05, 0.1) is 39.6 Å². The minimum atomic E-state index is 1.06. The summed E-state index contributed by atoms with van der Waals surface area (Å²) in [6, 6.07) is 63.3. The van der Waals surface area contributed by atoms with Gasteiger partial charge < -0.3 is 9.80 Å². The lowest BCUT2D eigenvalue weighted by atomic mass is 9.80. The van der Waals surface area contributed by atoms with Crippen molar-refractivity contribution in [1.29, 1.82) is 0 Å². The maximum atomic E-state index is 4.18. The smallest absolute Gasteiger partial charge is 0.0701 e. The van der Waals surface area contributed by atoms with Crippen molar-refractivity contribution in [3.05, 3.63) is 261 Å². The zero-order chi connectivity index (χ0) is 74.1. The number of para-hydroxylation sites is 7. The third-order valence-corrected chi connectivity index (χ3v) is 13.9. The Balaban J connectivity index is -0.000000532. The number of pyridine rings is 2. The van der Waals surface area contributed by atoms with Gasteiger partial charge in [-0.15, -0.1) is 0 Å². The number of anilines is 6. The van der Waals surface area contributed by atoms with Crippen molar-refractivity contribution in [1.82, 2.24) is 9.97 Å². The topological polar surface area (TPSA) is 32.3 Å². The number of hydrogen-bond acceptors (Lipinski definition) is 4. The summed E-state index contributed by atoms with van der Waals surface area (Å²) in [6.07, 6.45) is 11.9. The number of benzene rings is 8. The van der Waals surface area contributed by atoms with Gasteiger partial charge in [0, 0.05) is 62.5 Å². The number of rotatable bonds is 0. The average Bonchev–Trinajstić information content (AvgIpc) is 0.719. The standard InChI is InChI=1S/2C21H15N.2C9H7N.16C2H6/c2*1-4-13-10-15-6-2-8-17-12-18-9-3-7-16-11-14(5-1)19(13)22(20(15)17)21(16)18;1-2-6-9-8(4-1)5-3-7-10-9;1-2-4-9-7-10-6-5-8(9)3-1;16*1-2/h2*1-9H,10-12H2;2*1-7H;16*1-2H3. The third kappa shape index (κ3) is 24.4. The van der Waals surface area contributed by atoms with E-state index in [1.165, 1.54) is 117 Å². The average molecular weight is 1300 g/mol. The molecule has 0 radical (unpaired) electrons. The van der Waals surface area contributed by atoms with Gasteiger partial charge in [-0.05, 0) is 95.7 Å². The van der Waals surface area contributed by atoms with E-state index in [0.29, 0.717) is 0 Å². The second-order valence-corrected chi connectivity index (χ2v) is 17.7. The van der Waals surface area contributed by atoms with Gasteiger partial charge in [0.15, 0.2) is 0 Å². The Bertz CT molecular complexity index is 2760. The van der Waals surface area contributed by atoms with Crippen molar-refractivity contribution >= 4 is 55.8 Å². The van der Waals surface area contributed by atoms with E-state index in [4.69, 9.17) is 0 Å². The fourth-order valence-electron chi connectivity index (χ4n) is 11.2. The monoisotopic (exact) mass is 1300 g/mol. The third-order valence-electron chi connectivity index (χ3n) is 13.9. The predicted octanol–water partition coefficient (Wildman–Crippen LogP) is 30.6. The molecule has 0 N–H and O–H groups in total. The highest BCUT2D eigenvalue weighted by atomic mass is 15.2. The number of nitrogens with zero attached hydrogens (tertiary/aromatic N) is 4. The van der Waals surface area contributed by atoms with E-state index >= 15 is 0 Å². The van der Waals surface area contributed by atoms with Crippen LogP contribution < -0.4 is 9.80 Å². The molecule has 0 saturated heterocycles. The van der Waals surface area contributed by atoms with Gasteiger partial charge in [0.2, 0.25) is 0 Å². The number of hydrogen-bond donors (Lipinski definition) is 0. The molecule has 0 saturated carbocycles. The van der Waals surface area contributed by atoms with E-state index in [9.17, 15) is 0 Å². The Morgan fingerprint density at radius 3 is 0.635 bits per heavy atom. The molecular weight excluding hydrogens is 1160 g/mol. The maximum Gasteiger partial charge on any atom is 0.0701 e. The lowest BCUT2D eigenvalue weighted by Gasteiger charge is -2.44. The highest BCUT2D eigenvalue weighted by molar-refractivity contribution is 5.95. The summed E-state index contributed by atoms with van der Waals surface area (Å²) in [5, 5.41) is 3.65. The summed E-state index contributed by atoms with van der Waals surface area (Å²) in [4.78, 5) is 13.3. The normalized spacial score (nSPS) is 10.2. The molecule has 0 aliphatic carbocycles. The van der Waals surface area contributed by atoms with E-state index in [2.05, 4.69) is 153 Å². The van der Waals surface area contributed by atoms with Crippen LogP contribution in [0, 0.1) is 0 Å². The van der Waals surface area contributed by atoms with Gasteiger partial charge >= 0.3 is 0 Å². The van der Waals surface area contributed by atoms with Crippen molar-refractivity contribution in [2.24, 2.45) is 0 Å². The molecular formula is C92H140N4. The first-order chi connectivity index (χ1) is 47.7. The summed E-state index contributed by atoms with van der Waals surface area (Å²) in [6.45, 7) is 64.0. The van der Waals surface area contributed by atoms with Gasteiger partial charge in [0.1, 0.15) is 0 Å². The fourth-order valence-corrected chi connectivity index (χ4v) is 11.2. The number of fused-ring (bicyclic) bond motifs is 2. The van der Waals surface area contributed by atoms with Crippen LogP contribution in [-0.4, -0.2) is 9.97 Å². The van der Waals surface area contributed by atoms with E-state index in [0.717, 1.165) is 44.0 Å². The SMILES string of the molecule is CC.CC.CC.CC.CC.CC.CC.CC.CC.CC.CC.CC.CC.CC.CC.CC.c1cc2c3c(c1)Cc1cccc4c1N3c1c(cccc1C4)C2.c1cc2c3c(c1)Cc1cccc4c1N3c1c(cccc1C4)C2.c1ccc2cnccc2c1.c1ccc2ncccc2c1. The molecule has 6 aliphatic rings. The first-order valence-electron chi connectivity index (χ1n) is 38.6. The Hall–Kier alpha value is -7.82. The molecule has 0 unspecified atom stereocenters. The van der Waals surface area contributed by atoms with Crippen LogP contribution in [0.2, 0.25) is 0 Å². The largest absolute Gasteiger partial charge is 0.309 e. The van der Waals surface area contributed by atoms with Crippen molar-refractivity contribution < 1.29 is 0 Å².